The number of thiophene rings is 1. The van der Waals surface area contributed by atoms with E-state index in [9.17, 15) is 13.2 Å². The van der Waals surface area contributed by atoms with Crippen molar-refractivity contribution >= 4 is 33.0 Å². The van der Waals surface area contributed by atoms with Crippen LogP contribution in [0.2, 0.25) is 0 Å². The number of carbonyl (C=O) groups excluding carboxylic acids is 1. The number of anilines is 1. The summed E-state index contributed by atoms with van der Waals surface area (Å²) in [6.45, 7) is 0.969. The third-order valence-electron chi connectivity index (χ3n) is 4.78. The van der Waals surface area contributed by atoms with E-state index in [1.807, 2.05) is 52.5 Å². The molecule has 0 bridgehead atoms. The van der Waals surface area contributed by atoms with Crippen LogP contribution in [0.1, 0.15) is 20.8 Å². The van der Waals surface area contributed by atoms with Gasteiger partial charge in [-0.3, -0.25) is 4.79 Å². The highest BCUT2D eigenvalue weighted by molar-refractivity contribution is 7.89. The number of benzene rings is 2. The van der Waals surface area contributed by atoms with E-state index in [2.05, 4.69) is 15.0 Å². The lowest BCUT2D eigenvalue weighted by atomic mass is 10.1. The molecule has 2 heterocycles. The maximum Gasteiger partial charge on any atom is 0.255 e. The van der Waals surface area contributed by atoms with Crippen LogP contribution in [-0.4, -0.2) is 30.4 Å². The molecule has 2 N–H and O–H groups in total. The zero-order chi connectivity index (χ0) is 22.4. The molecule has 0 saturated heterocycles. The van der Waals surface area contributed by atoms with Gasteiger partial charge >= 0.3 is 0 Å². The number of sulfonamides is 1. The molecule has 0 aliphatic heterocycles. The molecule has 0 unspecified atom stereocenters. The summed E-state index contributed by atoms with van der Waals surface area (Å²) < 4.78 is 29.5. The fraction of sp³-hybridized carbons (Fsp3) is 0.130. The van der Waals surface area contributed by atoms with Gasteiger partial charge in [-0.2, -0.15) is 0 Å². The van der Waals surface area contributed by atoms with E-state index in [1.54, 1.807) is 23.9 Å². The van der Waals surface area contributed by atoms with E-state index in [0.717, 1.165) is 10.4 Å². The Balaban J connectivity index is 1.36. The SMILES string of the molecule is O=C(Nc1cccc(Cn2ccnc2)c1)c1ccc(S(=O)(=O)NCCc2cccs2)cc1. The number of amides is 1. The van der Waals surface area contributed by atoms with Crippen LogP contribution in [0.4, 0.5) is 5.69 Å². The van der Waals surface area contributed by atoms with Crippen LogP contribution < -0.4 is 10.0 Å². The highest BCUT2D eigenvalue weighted by Crippen LogP contribution is 2.16. The van der Waals surface area contributed by atoms with Crippen molar-refractivity contribution < 1.29 is 13.2 Å². The van der Waals surface area contributed by atoms with E-state index < -0.39 is 10.0 Å². The van der Waals surface area contributed by atoms with Crippen LogP contribution >= 0.6 is 11.3 Å². The molecule has 2 aromatic heterocycles. The number of imidazole rings is 1. The van der Waals surface area contributed by atoms with Crippen molar-refractivity contribution in [1.82, 2.24) is 14.3 Å². The van der Waals surface area contributed by atoms with E-state index >= 15 is 0 Å². The van der Waals surface area contributed by atoms with Gasteiger partial charge in [0.05, 0.1) is 11.2 Å². The van der Waals surface area contributed by atoms with Crippen LogP contribution in [0.5, 0.6) is 0 Å². The van der Waals surface area contributed by atoms with Crippen molar-refractivity contribution in [2.45, 2.75) is 17.9 Å². The van der Waals surface area contributed by atoms with Crippen LogP contribution in [0.3, 0.4) is 0 Å². The summed E-state index contributed by atoms with van der Waals surface area (Å²) in [6, 6.07) is 17.4. The molecular formula is C23H22N4O3S2. The third-order valence-corrected chi connectivity index (χ3v) is 7.19. The normalized spacial score (nSPS) is 11.4. The number of aromatic nitrogens is 2. The van der Waals surface area contributed by atoms with Crippen LogP contribution in [0, 0.1) is 0 Å². The second kappa shape index (κ2) is 9.90. The Kier molecular flexibility index (Phi) is 6.79. The minimum atomic E-state index is -3.63. The van der Waals surface area contributed by atoms with Crippen molar-refractivity contribution in [2.75, 3.05) is 11.9 Å². The maximum atomic E-state index is 12.6. The number of carbonyl (C=O) groups is 1. The monoisotopic (exact) mass is 466 g/mol. The third kappa shape index (κ3) is 5.70. The Bertz CT molecular complexity index is 1270. The maximum absolute atomic E-state index is 12.6. The standard InChI is InChI=1S/C23H22N4O3S2/c28-23(26-20-4-1-3-18(15-20)16-27-13-12-24-17-27)19-6-8-22(9-7-19)32(29,30)25-11-10-21-5-2-14-31-21/h1-9,12-15,17,25H,10-11,16H2,(H,26,28). The first-order valence-electron chi connectivity index (χ1n) is 9.98. The Morgan fingerprint density at radius 2 is 1.91 bits per heavy atom. The summed E-state index contributed by atoms with van der Waals surface area (Å²) in [5.41, 5.74) is 2.07. The molecule has 0 aliphatic carbocycles. The molecule has 0 aliphatic rings. The van der Waals surface area contributed by atoms with Crippen molar-refractivity contribution in [1.29, 1.82) is 0 Å². The fourth-order valence-corrected chi connectivity index (χ4v) is 4.91. The second-order valence-corrected chi connectivity index (χ2v) is 9.94. The lowest BCUT2D eigenvalue weighted by Crippen LogP contribution is -2.26. The molecule has 0 fully saturated rings. The Labute approximate surface area is 190 Å². The molecule has 0 radical (unpaired) electrons. The molecule has 0 atom stereocenters. The van der Waals surface area contributed by atoms with Gasteiger partial charge in [0.2, 0.25) is 10.0 Å². The minimum Gasteiger partial charge on any atom is -0.333 e. The lowest BCUT2D eigenvalue weighted by molar-refractivity contribution is 0.102. The molecule has 0 saturated carbocycles. The van der Waals surface area contributed by atoms with Gasteiger partial charge in [-0.1, -0.05) is 18.2 Å². The average Bonchev–Trinajstić information content (AvgIpc) is 3.48. The van der Waals surface area contributed by atoms with E-state index in [1.165, 1.54) is 24.3 Å². The number of rotatable bonds is 9. The average molecular weight is 467 g/mol. The largest absolute Gasteiger partial charge is 0.333 e. The predicted octanol–water partition coefficient (Wildman–Crippen LogP) is 3.77. The van der Waals surface area contributed by atoms with E-state index in [-0.39, 0.29) is 10.8 Å². The van der Waals surface area contributed by atoms with Crippen molar-refractivity contribution in [3.05, 3.63) is 101 Å². The highest BCUT2D eigenvalue weighted by atomic mass is 32.2. The highest BCUT2D eigenvalue weighted by Gasteiger charge is 2.15. The Morgan fingerprint density at radius 1 is 1.06 bits per heavy atom. The molecule has 164 valence electrons. The fourth-order valence-electron chi connectivity index (χ4n) is 3.17. The van der Waals surface area contributed by atoms with Gasteiger partial charge in [0.25, 0.3) is 5.91 Å². The summed E-state index contributed by atoms with van der Waals surface area (Å²) in [5, 5.41) is 4.82. The van der Waals surface area contributed by atoms with Crippen LogP contribution in [0.25, 0.3) is 0 Å². The van der Waals surface area contributed by atoms with Gasteiger partial charge in [0, 0.05) is 41.6 Å². The number of hydrogen-bond acceptors (Lipinski definition) is 5. The molecule has 7 nitrogen and oxygen atoms in total. The zero-order valence-corrected chi connectivity index (χ0v) is 18.8. The molecule has 4 aromatic rings. The first kappa shape index (κ1) is 21.9. The molecule has 1 amide bonds. The first-order chi connectivity index (χ1) is 15.5. The predicted molar refractivity (Wildman–Crippen MR) is 125 cm³/mol. The van der Waals surface area contributed by atoms with E-state index in [0.29, 0.717) is 30.8 Å². The van der Waals surface area contributed by atoms with E-state index in [4.69, 9.17) is 0 Å². The summed E-state index contributed by atoms with van der Waals surface area (Å²) in [7, 11) is -3.63. The van der Waals surface area contributed by atoms with Gasteiger partial charge < -0.3 is 9.88 Å². The van der Waals surface area contributed by atoms with Crippen molar-refractivity contribution in [3.63, 3.8) is 0 Å². The van der Waals surface area contributed by atoms with Gasteiger partial charge in [-0.15, -0.1) is 11.3 Å². The molecule has 9 heteroatoms. The molecular weight excluding hydrogens is 444 g/mol. The van der Waals surface area contributed by atoms with Crippen molar-refractivity contribution in [3.8, 4) is 0 Å². The smallest absolute Gasteiger partial charge is 0.255 e. The Morgan fingerprint density at radius 3 is 2.62 bits per heavy atom. The summed E-state index contributed by atoms with van der Waals surface area (Å²) in [6.07, 6.45) is 5.96. The summed E-state index contributed by atoms with van der Waals surface area (Å²) in [5.74, 6) is -0.306. The van der Waals surface area contributed by atoms with Gasteiger partial charge in [0.1, 0.15) is 0 Å². The molecule has 32 heavy (non-hydrogen) atoms. The minimum absolute atomic E-state index is 0.127. The molecule has 4 rings (SSSR count). The van der Waals surface area contributed by atoms with Gasteiger partial charge in [-0.25, -0.2) is 18.1 Å². The second-order valence-electron chi connectivity index (χ2n) is 7.14. The van der Waals surface area contributed by atoms with Gasteiger partial charge in [-0.05, 0) is 59.8 Å². The number of nitrogens with one attached hydrogen (secondary N) is 2. The van der Waals surface area contributed by atoms with Crippen molar-refractivity contribution in [2.24, 2.45) is 0 Å². The lowest BCUT2D eigenvalue weighted by Gasteiger charge is -2.09. The van der Waals surface area contributed by atoms with Gasteiger partial charge in [0.15, 0.2) is 0 Å². The molecule has 0 spiro atoms. The van der Waals surface area contributed by atoms with Crippen LogP contribution in [-0.2, 0) is 23.0 Å². The topological polar surface area (TPSA) is 93.1 Å². The van der Waals surface area contributed by atoms with Crippen LogP contribution in [0.15, 0.2) is 89.7 Å². The quantitative estimate of drug-likeness (QED) is 0.393. The number of hydrogen-bond donors (Lipinski definition) is 2. The zero-order valence-electron chi connectivity index (χ0n) is 17.1. The number of nitrogens with zero attached hydrogens (tertiary/aromatic N) is 2. The summed E-state index contributed by atoms with van der Waals surface area (Å²) >= 11 is 1.59. The molecule has 2 aromatic carbocycles. The Hall–Kier alpha value is -3.27. The first-order valence-corrected chi connectivity index (χ1v) is 12.3. The summed E-state index contributed by atoms with van der Waals surface area (Å²) in [4.78, 5) is 17.9.